The molecule has 6 nitrogen and oxygen atoms in total. The van der Waals surface area contributed by atoms with Gasteiger partial charge in [0.1, 0.15) is 11.8 Å². The van der Waals surface area contributed by atoms with Gasteiger partial charge in [0, 0.05) is 0 Å². The third-order valence-corrected chi connectivity index (χ3v) is 3.87. The maximum absolute atomic E-state index is 11.9. The first kappa shape index (κ1) is 15.5. The van der Waals surface area contributed by atoms with Gasteiger partial charge in [-0.2, -0.15) is 4.72 Å². The second-order valence-corrected chi connectivity index (χ2v) is 5.72. The first-order valence-corrected chi connectivity index (χ1v) is 7.33. The standard InChI is InChI=1S/C12H17NO5S/c1-3-8-18-10-4-6-11(7-5-10)19(16,17)13-9(2)12(14)15/h4-7,9,13H,3,8H2,1-2H3,(H,14,15)/t9-/m1/s1. The zero-order valence-electron chi connectivity index (χ0n) is 10.8. The van der Waals surface area contributed by atoms with Gasteiger partial charge >= 0.3 is 5.97 Å². The van der Waals surface area contributed by atoms with E-state index < -0.39 is 22.0 Å². The van der Waals surface area contributed by atoms with E-state index in [0.717, 1.165) is 6.42 Å². The fraction of sp³-hybridized carbons (Fsp3) is 0.417. The summed E-state index contributed by atoms with van der Waals surface area (Å²) >= 11 is 0. The van der Waals surface area contributed by atoms with Crippen molar-refractivity contribution in [3.63, 3.8) is 0 Å². The van der Waals surface area contributed by atoms with Gasteiger partial charge in [0.05, 0.1) is 11.5 Å². The molecule has 19 heavy (non-hydrogen) atoms. The smallest absolute Gasteiger partial charge is 0.321 e. The molecule has 0 aliphatic carbocycles. The fourth-order valence-electron chi connectivity index (χ4n) is 1.29. The molecular formula is C12H17NO5S. The van der Waals surface area contributed by atoms with Crippen LogP contribution in [0.5, 0.6) is 5.75 Å². The molecule has 0 aromatic heterocycles. The Morgan fingerprint density at radius 1 is 1.37 bits per heavy atom. The van der Waals surface area contributed by atoms with E-state index in [1.807, 2.05) is 6.92 Å². The maximum Gasteiger partial charge on any atom is 0.321 e. The van der Waals surface area contributed by atoms with Crippen molar-refractivity contribution in [3.05, 3.63) is 24.3 Å². The predicted molar refractivity (Wildman–Crippen MR) is 69.6 cm³/mol. The Kier molecular flexibility index (Phi) is 5.31. The van der Waals surface area contributed by atoms with Gasteiger partial charge in [0.2, 0.25) is 10.0 Å². The molecule has 0 bridgehead atoms. The number of carbonyl (C=O) groups is 1. The van der Waals surface area contributed by atoms with Crippen molar-refractivity contribution in [3.8, 4) is 5.75 Å². The Balaban J connectivity index is 2.81. The number of carboxylic acids is 1. The summed E-state index contributed by atoms with van der Waals surface area (Å²) in [5.41, 5.74) is 0. The molecule has 7 heteroatoms. The molecule has 0 spiro atoms. The molecule has 0 aliphatic rings. The molecular weight excluding hydrogens is 270 g/mol. The quantitative estimate of drug-likeness (QED) is 0.786. The molecule has 0 saturated heterocycles. The second kappa shape index (κ2) is 6.53. The van der Waals surface area contributed by atoms with Crippen molar-refractivity contribution < 1.29 is 23.1 Å². The van der Waals surface area contributed by atoms with Crippen LogP contribution in [-0.4, -0.2) is 32.1 Å². The highest BCUT2D eigenvalue weighted by Crippen LogP contribution is 2.16. The highest BCUT2D eigenvalue weighted by Gasteiger charge is 2.21. The van der Waals surface area contributed by atoms with E-state index in [9.17, 15) is 13.2 Å². The molecule has 0 aliphatic heterocycles. The largest absolute Gasteiger partial charge is 0.494 e. The van der Waals surface area contributed by atoms with E-state index in [-0.39, 0.29) is 4.90 Å². The molecule has 1 aromatic carbocycles. The van der Waals surface area contributed by atoms with E-state index in [1.54, 1.807) is 0 Å². The molecule has 0 amide bonds. The summed E-state index contributed by atoms with van der Waals surface area (Å²) in [6.07, 6.45) is 0.859. The lowest BCUT2D eigenvalue weighted by molar-refractivity contribution is -0.138. The summed E-state index contributed by atoms with van der Waals surface area (Å²) in [6.45, 7) is 3.79. The summed E-state index contributed by atoms with van der Waals surface area (Å²) in [7, 11) is -3.83. The van der Waals surface area contributed by atoms with Gasteiger partial charge in [-0.3, -0.25) is 4.79 Å². The lowest BCUT2D eigenvalue weighted by atomic mass is 10.3. The molecule has 0 saturated carbocycles. The topological polar surface area (TPSA) is 92.7 Å². The van der Waals surface area contributed by atoms with Crippen LogP contribution in [0.25, 0.3) is 0 Å². The first-order valence-electron chi connectivity index (χ1n) is 5.85. The van der Waals surface area contributed by atoms with Crippen LogP contribution in [-0.2, 0) is 14.8 Å². The molecule has 1 atom stereocenters. The SMILES string of the molecule is CCCOc1ccc(S(=O)(=O)N[C@H](C)C(=O)O)cc1. The highest BCUT2D eigenvalue weighted by atomic mass is 32.2. The van der Waals surface area contributed by atoms with Crippen molar-refractivity contribution in [1.82, 2.24) is 4.72 Å². The van der Waals surface area contributed by atoms with Crippen molar-refractivity contribution >= 4 is 16.0 Å². The number of ether oxygens (including phenoxy) is 1. The van der Waals surface area contributed by atoms with Gasteiger partial charge in [-0.05, 0) is 37.6 Å². The van der Waals surface area contributed by atoms with Gasteiger partial charge in [0.25, 0.3) is 0 Å². The lowest BCUT2D eigenvalue weighted by Crippen LogP contribution is -2.38. The first-order chi connectivity index (χ1) is 8.86. The summed E-state index contributed by atoms with van der Waals surface area (Å²) in [6, 6.07) is 4.65. The second-order valence-electron chi connectivity index (χ2n) is 4.00. The average molecular weight is 287 g/mol. The summed E-state index contributed by atoms with van der Waals surface area (Å²) < 4.78 is 31.1. The van der Waals surface area contributed by atoms with E-state index in [4.69, 9.17) is 9.84 Å². The van der Waals surface area contributed by atoms with Crippen LogP contribution in [0.2, 0.25) is 0 Å². The number of nitrogens with one attached hydrogen (secondary N) is 1. The minimum atomic E-state index is -3.83. The zero-order valence-corrected chi connectivity index (χ0v) is 11.6. The minimum absolute atomic E-state index is 0.00412. The number of benzene rings is 1. The normalized spacial score (nSPS) is 12.9. The monoisotopic (exact) mass is 287 g/mol. The van der Waals surface area contributed by atoms with Gasteiger partial charge in [-0.25, -0.2) is 8.42 Å². The Morgan fingerprint density at radius 2 is 1.95 bits per heavy atom. The van der Waals surface area contributed by atoms with Crippen LogP contribution in [0.1, 0.15) is 20.3 Å². The molecule has 0 unspecified atom stereocenters. The van der Waals surface area contributed by atoms with Crippen LogP contribution in [0.3, 0.4) is 0 Å². The van der Waals surface area contributed by atoms with Crippen molar-refractivity contribution in [2.45, 2.75) is 31.2 Å². The molecule has 106 valence electrons. The van der Waals surface area contributed by atoms with Gasteiger partial charge < -0.3 is 9.84 Å². The Morgan fingerprint density at radius 3 is 2.42 bits per heavy atom. The number of sulfonamides is 1. The van der Waals surface area contributed by atoms with Crippen molar-refractivity contribution in [2.24, 2.45) is 0 Å². The molecule has 1 rings (SSSR count). The van der Waals surface area contributed by atoms with E-state index in [1.165, 1.54) is 31.2 Å². The number of hydrogen-bond donors (Lipinski definition) is 2. The van der Waals surface area contributed by atoms with Crippen molar-refractivity contribution in [1.29, 1.82) is 0 Å². The van der Waals surface area contributed by atoms with Gasteiger partial charge in [0.15, 0.2) is 0 Å². The van der Waals surface area contributed by atoms with Crippen LogP contribution in [0, 0.1) is 0 Å². The van der Waals surface area contributed by atoms with Gasteiger partial charge in [-0.1, -0.05) is 6.92 Å². The van der Waals surface area contributed by atoms with Crippen molar-refractivity contribution in [2.75, 3.05) is 6.61 Å². The third kappa shape index (κ3) is 4.53. The minimum Gasteiger partial charge on any atom is -0.494 e. The molecule has 1 aromatic rings. The zero-order chi connectivity index (χ0) is 14.5. The van der Waals surface area contributed by atoms with Crippen LogP contribution < -0.4 is 9.46 Å². The lowest BCUT2D eigenvalue weighted by Gasteiger charge is -2.11. The van der Waals surface area contributed by atoms with E-state index in [0.29, 0.717) is 12.4 Å². The third-order valence-electron chi connectivity index (χ3n) is 2.31. The number of rotatable bonds is 7. The average Bonchev–Trinajstić information content (AvgIpc) is 2.36. The van der Waals surface area contributed by atoms with Crippen LogP contribution >= 0.6 is 0 Å². The Hall–Kier alpha value is -1.60. The van der Waals surface area contributed by atoms with E-state index in [2.05, 4.69) is 4.72 Å². The predicted octanol–water partition coefficient (Wildman–Crippen LogP) is 1.23. The number of hydrogen-bond acceptors (Lipinski definition) is 4. The molecule has 0 fully saturated rings. The maximum atomic E-state index is 11.9. The molecule has 2 N–H and O–H groups in total. The van der Waals surface area contributed by atoms with Gasteiger partial charge in [-0.15, -0.1) is 0 Å². The summed E-state index contributed by atoms with van der Waals surface area (Å²) in [5.74, 6) is -0.654. The summed E-state index contributed by atoms with van der Waals surface area (Å²) in [5, 5.41) is 8.69. The number of aliphatic carboxylic acids is 1. The molecule has 0 heterocycles. The summed E-state index contributed by atoms with van der Waals surface area (Å²) in [4.78, 5) is 10.6. The van der Waals surface area contributed by atoms with Crippen LogP contribution in [0.4, 0.5) is 0 Å². The van der Waals surface area contributed by atoms with E-state index >= 15 is 0 Å². The highest BCUT2D eigenvalue weighted by molar-refractivity contribution is 7.89. The Labute approximate surface area is 112 Å². The number of carboxylic acid groups (broad SMARTS) is 1. The fourth-order valence-corrected chi connectivity index (χ4v) is 2.48. The Bertz CT molecular complexity index is 524. The molecule has 0 radical (unpaired) electrons. The van der Waals surface area contributed by atoms with Crippen LogP contribution in [0.15, 0.2) is 29.2 Å².